The van der Waals surface area contributed by atoms with Crippen LogP contribution in [0, 0.1) is 0 Å². The second kappa shape index (κ2) is 6.41. The molecule has 1 aromatic heterocycles. The van der Waals surface area contributed by atoms with Gasteiger partial charge in [-0.1, -0.05) is 24.3 Å². The molecule has 2 N–H and O–H groups in total. The minimum atomic E-state index is -0.898. The molecule has 0 fully saturated rings. The second-order valence-corrected chi connectivity index (χ2v) is 6.26. The molecule has 0 amide bonds. The van der Waals surface area contributed by atoms with Gasteiger partial charge in [0.25, 0.3) is 0 Å². The topological polar surface area (TPSA) is 64.9 Å². The van der Waals surface area contributed by atoms with E-state index in [1.54, 1.807) is 23.5 Å². The number of nitrogens with one attached hydrogen (secondary N) is 1. The highest BCUT2D eigenvalue weighted by atomic mass is 32.1. The summed E-state index contributed by atoms with van der Waals surface area (Å²) >= 11 is 6.09. The first-order valence-electron chi connectivity index (χ1n) is 6.80. The van der Waals surface area contributed by atoms with E-state index in [0.717, 1.165) is 16.3 Å². The summed E-state index contributed by atoms with van der Waals surface area (Å²) < 4.78 is 0. The predicted octanol–water partition coefficient (Wildman–Crippen LogP) is 2.47. The van der Waals surface area contributed by atoms with Crippen LogP contribution in [0.5, 0.6) is 0 Å². The number of aromatic carboxylic acids is 1. The van der Waals surface area contributed by atoms with Crippen LogP contribution in [0.2, 0.25) is 0 Å². The molecule has 7 heteroatoms. The third-order valence-electron chi connectivity index (χ3n) is 3.46. The zero-order chi connectivity index (χ0) is 15.5. The molecule has 0 radical (unpaired) electrons. The van der Waals surface area contributed by atoms with E-state index in [1.165, 1.54) is 0 Å². The van der Waals surface area contributed by atoms with E-state index in [0.29, 0.717) is 18.5 Å². The van der Waals surface area contributed by atoms with Crippen LogP contribution in [0.25, 0.3) is 0 Å². The molecule has 1 atom stereocenters. The highest BCUT2D eigenvalue weighted by molar-refractivity contribution is 7.80. The molecule has 1 aromatic carbocycles. The van der Waals surface area contributed by atoms with Crippen molar-refractivity contribution in [2.45, 2.75) is 11.9 Å². The molecule has 2 heterocycles. The van der Waals surface area contributed by atoms with Gasteiger partial charge in [0.05, 0.1) is 10.4 Å². The molecule has 0 spiro atoms. The van der Waals surface area contributed by atoms with Crippen molar-refractivity contribution in [1.29, 1.82) is 0 Å². The standard InChI is InChI=1S/C15H15N3O2S2/c19-14(20)11-5-2-1-4-10(11)7-8-18-13(16-17-15(18)21)12-6-3-9-22-12/h1-6,9,15,17,21H,7-8H2,(H,19,20). The van der Waals surface area contributed by atoms with E-state index in [9.17, 15) is 9.90 Å². The molecule has 1 unspecified atom stereocenters. The van der Waals surface area contributed by atoms with Crippen LogP contribution in [0.1, 0.15) is 20.8 Å². The van der Waals surface area contributed by atoms with Crippen molar-refractivity contribution in [2.75, 3.05) is 6.54 Å². The summed E-state index contributed by atoms with van der Waals surface area (Å²) in [6.45, 7) is 0.641. The molecule has 1 aliphatic heterocycles. The third kappa shape index (κ3) is 2.95. The Morgan fingerprint density at radius 1 is 1.36 bits per heavy atom. The van der Waals surface area contributed by atoms with Crippen LogP contribution < -0.4 is 5.43 Å². The lowest BCUT2D eigenvalue weighted by atomic mass is 10.0. The summed E-state index contributed by atoms with van der Waals surface area (Å²) in [4.78, 5) is 14.4. The van der Waals surface area contributed by atoms with Gasteiger partial charge in [-0.2, -0.15) is 5.10 Å². The highest BCUT2D eigenvalue weighted by Gasteiger charge is 2.26. The number of hydrogen-bond acceptors (Lipinski definition) is 6. The molecule has 0 saturated carbocycles. The number of hydrogen-bond donors (Lipinski definition) is 3. The van der Waals surface area contributed by atoms with Gasteiger partial charge in [-0.05, 0) is 29.5 Å². The average molecular weight is 333 g/mol. The average Bonchev–Trinajstić information content (AvgIpc) is 3.15. The van der Waals surface area contributed by atoms with Gasteiger partial charge >= 0.3 is 5.97 Å². The SMILES string of the molecule is O=C(O)c1ccccc1CCN1C(c2cccs2)=NNC1S. The lowest BCUT2D eigenvalue weighted by molar-refractivity contribution is 0.0695. The molecule has 0 aliphatic carbocycles. The van der Waals surface area contributed by atoms with E-state index < -0.39 is 5.97 Å². The van der Waals surface area contributed by atoms with E-state index in [1.807, 2.05) is 34.5 Å². The highest BCUT2D eigenvalue weighted by Crippen LogP contribution is 2.20. The first-order chi connectivity index (χ1) is 10.7. The number of benzene rings is 1. The van der Waals surface area contributed by atoms with Crippen LogP contribution in [-0.4, -0.2) is 33.9 Å². The molecular weight excluding hydrogens is 318 g/mol. The van der Waals surface area contributed by atoms with Crippen LogP contribution in [0.3, 0.4) is 0 Å². The van der Waals surface area contributed by atoms with E-state index in [4.69, 9.17) is 0 Å². The number of carboxylic acids is 1. The van der Waals surface area contributed by atoms with Gasteiger partial charge in [-0.15, -0.1) is 24.0 Å². The number of thiol groups is 1. The van der Waals surface area contributed by atoms with Crippen molar-refractivity contribution < 1.29 is 9.90 Å². The van der Waals surface area contributed by atoms with Crippen molar-refractivity contribution in [3.63, 3.8) is 0 Å². The fourth-order valence-electron chi connectivity index (χ4n) is 2.39. The van der Waals surface area contributed by atoms with Gasteiger partial charge in [0.2, 0.25) is 0 Å². The quantitative estimate of drug-likeness (QED) is 0.736. The molecule has 3 rings (SSSR count). The van der Waals surface area contributed by atoms with Gasteiger partial charge in [-0.25, -0.2) is 4.79 Å². The minimum Gasteiger partial charge on any atom is -0.478 e. The number of carbonyl (C=O) groups is 1. The molecule has 114 valence electrons. The molecule has 22 heavy (non-hydrogen) atoms. The zero-order valence-corrected chi connectivity index (χ0v) is 13.3. The largest absolute Gasteiger partial charge is 0.478 e. The lowest BCUT2D eigenvalue weighted by Crippen LogP contribution is -2.38. The Kier molecular flexibility index (Phi) is 4.35. The monoisotopic (exact) mass is 333 g/mol. The normalized spacial score (nSPS) is 17.2. The molecule has 1 aliphatic rings. The summed E-state index contributed by atoms with van der Waals surface area (Å²) in [6, 6.07) is 11.1. The number of amidine groups is 1. The lowest BCUT2D eigenvalue weighted by Gasteiger charge is -2.23. The van der Waals surface area contributed by atoms with Crippen molar-refractivity contribution in [3.05, 3.63) is 57.8 Å². The Balaban J connectivity index is 1.76. The predicted molar refractivity (Wildman–Crippen MR) is 90.6 cm³/mol. The van der Waals surface area contributed by atoms with E-state index >= 15 is 0 Å². The Morgan fingerprint density at radius 2 is 2.18 bits per heavy atom. The van der Waals surface area contributed by atoms with Crippen molar-refractivity contribution >= 4 is 35.8 Å². The summed E-state index contributed by atoms with van der Waals surface area (Å²) in [5, 5.41) is 15.6. The Bertz CT molecular complexity index is 701. The van der Waals surface area contributed by atoms with E-state index in [2.05, 4.69) is 23.2 Å². The number of rotatable bonds is 5. The van der Waals surface area contributed by atoms with Gasteiger partial charge in [0.1, 0.15) is 0 Å². The van der Waals surface area contributed by atoms with Crippen LogP contribution in [0.15, 0.2) is 46.9 Å². The maximum Gasteiger partial charge on any atom is 0.335 e. The molecule has 0 bridgehead atoms. The van der Waals surface area contributed by atoms with Crippen LogP contribution in [-0.2, 0) is 6.42 Å². The Morgan fingerprint density at radius 3 is 2.91 bits per heavy atom. The van der Waals surface area contributed by atoms with Crippen molar-refractivity contribution in [3.8, 4) is 0 Å². The van der Waals surface area contributed by atoms with Gasteiger partial charge in [-0.3, -0.25) is 5.43 Å². The second-order valence-electron chi connectivity index (χ2n) is 4.82. The molecule has 0 saturated heterocycles. The third-order valence-corrected chi connectivity index (χ3v) is 4.72. The summed E-state index contributed by atoms with van der Waals surface area (Å²) in [5.74, 6) is -0.0486. The number of carboxylic acid groups (broad SMARTS) is 1. The zero-order valence-electron chi connectivity index (χ0n) is 11.6. The fourth-order valence-corrected chi connectivity index (χ4v) is 3.40. The van der Waals surface area contributed by atoms with Crippen LogP contribution in [0.4, 0.5) is 0 Å². The molecular formula is C15H15N3O2S2. The van der Waals surface area contributed by atoms with Crippen molar-refractivity contribution in [1.82, 2.24) is 10.3 Å². The van der Waals surface area contributed by atoms with Gasteiger partial charge in [0, 0.05) is 6.54 Å². The number of nitrogens with zero attached hydrogens (tertiary/aromatic N) is 2. The smallest absolute Gasteiger partial charge is 0.335 e. The first-order valence-corrected chi connectivity index (χ1v) is 8.19. The van der Waals surface area contributed by atoms with Crippen LogP contribution >= 0.6 is 24.0 Å². The maximum absolute atomic E-state index is 11.3. The fraction of sp³-hybridized carbons (Fsp3) is 0.200. The van der Waals surface area contributed by atoms with E-state index in [-0.39, 0.29) is 5.50 Å². The Labute approximate surface area is 137 Å². The van der Waals surface area contributed by atoms with Gasteiger partial charge < -0.3 is 10.0 Å². The first kappa shape index (κ1) is 14.9. The van der Waals surface area contributed by atoms with Gasteiger partial charge in [0.15, 0.2) is 11.3 Å². The summed E-state index contributed by atoms with van der Waals surface area (Å²) in [7, 11) is 0. The Hall–Kier alpha value is -1.99. The summed E-state index contributed by atoms with van der Waals surface area (Å²) in [5.41, 5.74) is 3.91. The van der Waals surface area contributed by atoms with Crippen molar-refractivity contribution in [2.24, 2.45) is 5.10 Å². The maximum atomic E-state index is 11.3. The molecule has 2 aromatic rings. The number of thiophene rings is 1. The molecule has 5 nitrogen and oxygen atoms in total. The minimum absolute atomic E-state index is 0.200. The summed E-state index contributed by atoms with van der Waals surface area (Å²) in [6.07, 6.45) is 0.617. The number of hydrazone groups is 1.